The third kappa shape index (κ3) is 5.32. The molecule has 0 spiro atoms. The van der Waals surface area contributed by atoms with Crippen LogP contribution in [0.25, 0.3) is 11.8 Å². The van der Waals surface area contributed by atoms with E-state index in [0.717, 1.165) is 29.2 Å². The summed E-state index contributed by atoms with van der Waals surface area (Å²) in [6.45, 7) is 3.69. The minimum absolute atomic E-state index is 0.0332. The molecule has 0 aliphatic rings. The molecule has 1 heterocycles. The number of aryl methyl sites for hydroxylation is 1. The Kier molecular flexibility index (Phi) is 7.35. The Labute approximate surface area is 208 Å². The van der Waals surface area contributed by atoms with Crippen LogP contribution < -0.4 is 5.32 Å². The van der Waals surface area contributed by atoms with Crippen molar-refractivity contribution in [3.63, 3.8) is 0 Å². The second kappa shape index (κ2) is 9.86. The average molecular weight is 524 g/mol. The zero-order valence-corrected chi connectivity index (χ0v) is 20.1. The number of hydrogen-bond acceptors (Lipinski definition) is 4. The number of amides is 1. The van der Waals surface area contributed by atoms with Crippen molar-refractivity contribution < 1.29 is 9.72 Å². The van der Waals surface area contributed by atoms with Gasteiger partial charge in [0.2, 0.25) is 0 Å². The molecule has 3 aromatic rings. The number of rotatable bonds is 5. The van der Waals surface area contributed by atoms with Crippen molar-refractivity contribution in [3.8, 4) is 11.8 Å². The molecular formula is C22H14Cl4N4O3. The molecule has 11 heteroatoms. The first-order valence-corrected chi connectivity index (χ1v) is 10.7. The van der Waals surface area contributed by atoms with Gasteiger partial charge in [0.25, 0.3) is 11.6 Å². The van der Waals surface area contributed by atoms with Crippen LogP contribution in [-0.4, -0.2) is 15.4 Å². The molecule has 3 rings (SSSR count). The van der Waals surface area contributed by atoms with Crippen molar-refractivity contribution in [1.82, 2.24) is 4.57 Å². The third-order valence-electron chi connectivity index (χ3n) is 4.72. The Hall–Kier alpha value is -3.02. The topological polar surface area (TPSA) is 101 Å². The van der Waals surface area contributed by atoms with Crippen LogP contribution in [0.5, 0.6) is 0 Å². The van der Waals surface area contributed by atoms with E-state index in [1.807, 2.05) is 24.5 Å². The first kappa shape index (κ1) is 24.6. The molecule has 0 unspecified atom stereocenters. The molecule has 0 fully saturated rings. The van der Waals surface area contributed by atoms with Gasteiger partial charge in [0, 0.05) is 39.3 Å². The van der Waals surface area contributed by atoms with Crippen molar-refractivity contribution in [3.05, 3.63) is 89.1 Å². The summed E-state index contributed by atoms with van der Waals surface area (Å²) in [5.74, 6) is -0.772. The number of carbonyl (C=O) groups excluding carboxylic acids is 1. The van der Waals surface area contributed by atoms with Crippen LogP contribution in [0.1, 0.15) is 17.0 Å². The highest BCUT2D eigenvalue weighted by Crippen LogP contribution is 2.35. The highest BCUT2D eigenvalue weighted by Gasteiger charge is 2.19. The Morgan fingerprint density at radius 3 is 2.15 bits per heavy atom. The van der Waals surface area contributed by atoms with E-state index in [4.69, 9.17) is 46.4 Å². The number of benzene rings is 2. The largest absolute Gasteiger partial charge is 0.319 e. The Morgan fingerprint density at radius 1 is 1.06 bits per heavy atom. The van der Waals surface area contributed by atoms with E-state index < -0.39 is 10.8 Å². The number of nitrogens with one attached hydrogen (secondary N) is 1. The molecule has 1 N–H and O–H groups in total. The zero-order valence-electron chi connectivity index (χ0n) is 17.1. The summed E-state index contributed by atoms with van der Waals surface area (Å²) < 4.78 is 1.89. The van der Waals surface area contributed by atoms with Gasteiger partial charge in [0.15, 0.2) is 0 Å². The van der Waals surface area contributed by atoms with Crippen molar-refractivity contribution in [1.29, 1.82) is 5.26 Å². The fraction of sp³-hybridized carbons (Fsp3) is 0.0909. The van der Waals surface area contributed by atoms with E-state index in [1.54, 1.807) is 24.3 Å². The summed E-state index contributed by atoms with van der Waals surface area (Å²) in [6, 6.07) is 10.9. The van der Waals surface area contributed by atoms with Gasteiger partial charge in [0.05, 0.1) is 20.7 Å². The zero-order chi connectivity index (χ0) is 24.4. The molecule has 2 aromatic carbocycles. The van der Waals surface area contributed by atoms with Crippen LogP contribution in [0, 0.1) is 35.3 Å². The lowest BCUT2D eigenvalue weighted by atomic mass is 10.1. The summed E-state index contributed by atoms with van der Waals surface area (Å²) >= 11 is 24.3. The highest BCUT2D eigenvalue weighted by molar-refractivity contribution is 6.40. The van der Waals surface area contributed by atoms with Gasteiger partial charge in [-0.25, -0.2) is 0 Å². The van der Waals surface area contributed by atoms with Crippen molar-refractivity contribution >= 4 is 69.8 Å². The lowest BCUT2D eigenvalue weighted by Crippen LogP contribution is -2.14. The van der Waals surface area contributed by atoms with Gasteiger partial charge >= 0.3 is 0 Å². The van der Waals surface area contributed by atoms with Crippen LogP contribution in [0.2, 0.25) is 20.1 Å². The smallest absolute Gasteiger partial charge is 0.272 e. The van der Waals surface area contributed by atoms with Gasteiger partial charge in [-0.1, -0.05) is 46.4 Å². The van der Waals surface area contributed by atoms with E-state index in [9.17, 15) is 20.2 Å². The summed E-state index contributed by atoms with van der Waals surface area (Å²) in [4.78, 5) is 23.0. The molecule has 0 saturated carbocycles. The second-order valence-electron chi connectivity index (χ2n) is 6.95. The number of nitro groups is 1. The van der Waals surface area contributed by atoms with E-state index in [-0.39, 0.29) is 27.0 Å². The number of nitro benzene ring substituents is 1. The van der Waals surface area contributed by atoms with Crippen LogP contribution in [0.15, 0.2) is 42.0 Å². The lowest BCUT2D eigenvalue weighted by Gasteiger charge is -2.11. The molecule has 33 heavy (non-hydrogen) atoms. The monoisotopic (exact) mass is 522 g/mol. The Morgan fingerprint density at radius 2 is 1.64 bits per heavy atom. The van der Waals surface area contributed by atoms with Crippen LogP contribution >= 0.6 is 46.4 Å². The van der Waals surface area contributed by atoms with Gasteiger partial charge in [-0.15, -0.1) is 0 Å². The van der Waals surface area contributed by atoms with Gasteiger partial charge in [0.1, 0.15) is 11.6 Å². The number of anilines is 1. The summed E-state index contributed by atoms with van der Waals surface area (Å²) in [5.41, 5.74) is 2.35. The normalized spacial score (nSPS) is 11.2. The van der Waals surface area contributed by atoms with E-state index in [1.165, 1.54) is 6.08 Å². The maximum Gasteiger partial charge on any atom is 0.272 e. The predicted molar refractivity (Wildman–Crippen MR) is 131 cm³/mol. The first-order chi connectivity index (χ1) is 15.5. The number of non-ortho nitro benzene ring substituents is 1. The standard InChI is InChI=1S/C22H14Cl4N4O3/c1-11-3-13(12(2)29(11)17-6-15(23)5-16(24)7-17)4-14(10-27)22(31)28-21-19(25)8-18(30(32)33)9-20(21)26/h3-9H,1-2H3,(H,28,31)/b14-4+. The molecule has 0 bridgehead atoms. The SMILES string of the molecule is Cc1cc(/C=C(\C#N)C(=O)Nc2c(Cl)cc([N+](=O)[O-])cc2Cl)c(C)n1-c1cc(Cl)cc(Cl)c1. The average Bonchev–Trinajstić information content (AvgIpc) is 3.00. The predicted octanol–water partition coefficient (Wildman–Crippen LogP) is 7.16. The first-order valence-electron chi connectivity index (χ1n) is 9.23. The fourth-order valence-corrected chi connectivity index (χ4v) is 4.35. The molecule has 0 saturated heterocycles. The van der Waals surface area contributed by atoms with E-state index in [2.05, 4.69) is 5.32 Å². The second-order valence-corrected chi connectivity index (χ2v) is 8.64. The van der Waals surface area contributed by atoms with Crippen molar-refractivity contribution in [2.24, 2.45) is 0 Å². The van der Waals surface area contributed by atoms with Crippen molar-refractivity contribution in [2.75, 3.05) is 5.32 Å². The Balaban J connectivity index is 1.97. The molecule has 0 radical (unpaired) electrons. The number of hydrogen-bond donors (Lipinski definition) is 1. The molecule has 1 aromatic heterocycles. The Bertz CT molecular complexity index is 1330. The number of nitriles is 1. The van der Waals surface area contributed by atoms with Crippen LogP contribution in [-0.2, 0) is 4.79 Å². The van der Waals surface area contributed by atoms with Crippen LogP contribution in [0.4, 0.5) is 11.4 Å². The van der Waals surface area contributed by atoms with Crippen LogP contribution in [0.3, 0.4) is 0 Å². The van der Waals surface area contributed by atoms with Gasteiger partial charge in [-0.05, 0) is 49.8 Å². The lowest BCUT2D eigenvalue weighted by molar-refractivity contribution is -0.384. The molecule has 0 aliphatic heterocycles. The maximum absolute atomic E-state index is 12.7. The molecule has 168 valence electrons. The van der Waals surface area contributed by atoms with E-state index in [0.29, 0.717) is 15.6 Å². The van der Waals surface area contributed by atoms with Gasteiger partial charge in [-0.2, -0.15) is 5.26 Å². The minimum atomic E-state index is -0.772. The highest BCUT2D eigenvalue weighted by atomic mass is 35.5. The molecule has 1 amide bonds. The summed E-state index contributed by atoms with van der Waals surface area (Å²) in [6.07, 6.45) is 1.42. The maximum atomic E-state index is 12.7. The molecular weight excluding hydrogens is 510 g/mol. The van der Waals surface area contributed by atoms with Gasteiger partial charge in [-0.3, -0.25) is 14.9 Å². The van der Waals surface area contributed by atoms with Gasteiger partial charge < -0.3 is 9.88 Å². The number of carbonyl (C=O) groups is 1. The van der Waals surface area contributed by atoms with E-state index >= 15 is 0 Å². The number of halogens is 4. The molecule has 0 aliphatic carbocycles. The minimum Gasteiger partial charge on any atom is -0.319 e. The molecule has 0 atom stereocenters. The number of nitrogens with zero attached hydrogens (tertiary/aromatic N) is 3. The molecule has 7 nitrogen and oxygen atoms in total. The quantitative estimate of drug-likeness (QED) is 0.166. The number of aromatic nitrogens is 1. The van der Waals surface area contributed by atoms with Crippen molar-refractivity contribution in [2.45, 2.75) is 13.8 Å². The summed E-state index contributed by atoms with van der Waals surface area (Å²) in [5, 5.41) is 23.6. The third-order valence-corrected chi connectivity index (χ3v) is 5.75. The fourth-order valence-electron chi connectivity index (χ4n) is 3.27. The summed E-state index contributed by atoms with van der Waals surface area (Å²) in [7, 11) is 0.